The van der Waals surface area contributed by atoms with Crippen LogP contribution in [0.1, 0.15) is 21.6 Å². The second-order valence-corrected chi connectivity index (χ2v) is 4.55. The Hall–Kier alpha value is -2.74. The number of aromatic nitrogens is 1. The lowest BCUT2D eigenvalue weighted by Gasteiger charge is -1.99. The van der Waals surface area contributed by atoms with Gasteiger partial charge in [0.2, 0.25) is 0 Å². The number of nitrogens with zero attached hydrogens (tertiary/aromatic N) is 1. The summed E-state index contributed by atoms with van der Waals surface area (Å²) in [6.07, 6.45) is 4.77. The molecule has 0 fully saturated rings. The zero-order valence-corrected chi connectivity index (χ0v) is 10.9. The molecule has 1 heterocycles. The van der Waals surface area contributed by atoms with Gasteiger partial charge in [-0.1, -0.05) is 48.5 Å². The van der Waals surface area contributed by atoms with E-state index in [0.717, 1.165) is 28.4 Å². The number of pyridine rings is 1. The van der Waals surface area contributed by atoms with E-state index >= 15 is 0 Å². The number of hydrogen-bond donors (Lipinski definition) is 0. The molecule has 1 aromatic heterocycles. The second-order valence-electron chi connectivity index (χ2n) is 4.55. The number of fused-ring (bicyclic) bond motifs is 1. The van der Waals surface area contributed by atoms with Crippen LogP contribution in [-0.2, 0) is 0 Å². The van der Waals surface area contributed by atoms with Crippen LogP contribution in [0.5, 0.6) is 0 Å². The third-order valence-electron chi connectivity index (χ3n) is 3.11. The third-order valence-corrected chi connectivity index (χ3v) is 3.11. The molecule has 0 aliphatic heterocycles. The summed E-state index contributed by atoms with van der Waals surface area (Å²) < 4.78 is 0. The van der Waals surface area contributed by atoms with E-state index in [2.05, 4.69) is 11.1 Å². The number of carbonyl (C=O) groups excluding carboxylic acids is 1. The minimum absolute atomic E-state index is 0.679. The molecule has 0 saturated heterocycles. The molecular weight excluding hydrogens is 246 g/mol. The number of rotatable bonds is 3. The molecule has 2 heteroatoms. The number of para-hydroxylation sites is 1. The van der Waals surface area contributed by atoms with Crippen LogP contribution in [-0.4, -0.2) is 11.3 Å². The molecule has 0 bridgehead atoms. The van der Waals surface area contributed by atoms with E-state index in [1.54, 1.807) is 6.07 Å². The number of hydrogen-bond acceptors (Lipinski definition) is 2. The van der Waals surface area contributed by atoms with Gasteiger partial charge in [0.05, 0.1) is 11.2 Å². The molecule has 0 spiro atoms. The first-order valence-electron chi connectivity index (χ1n) is 6.44. The molecule has 0 N–H and O–H groups in total. The molecule has 0 radical (unpaired) electrons. The van der Waals surface area contributed by atoms with Gasteiger partial charge in [0.15, 0.2) is 0 Å². The average Bonchev–Trinajstić information content (AvgIpc) is 2.53. The van der Waals surface area contributed by atoms with Crippen molar-refractivity contribution in [2.75, 3.05) is 0 Å². The molecule has 3 aromatic rings. The van der Waals surface area contributed by atoms with E-state index in [1.165, 1.54) is 0 Å². The van der Waals surface area contributed by atoms with Gasteiger partial charge in [-0.2, -0.15) is 0 Å². The second kappa shape index (κ2) is 5.49. The fourth-order valence-corrected chi connectivity index (χ4v) is 2.09. The van der Waals surface area contributed by atoms with Crippen molar-refractivity contribution >= 4 is 29.3 Å². The van der Waals surface area contributed by atoms with Crippen LogP contribution in [0.15, 0.2) is 60.7 Å². The Bertz CT molecular complexity index is 790. The molecule has 0 atom stereocenters. The van der Waals surface area contributed by atoms with Gasteiger partial charge >= 0.3 is 0 Å². The van der Waals surface area contributed by atoms with Crippen molar-refractivity contribution in [2.24, 2.45) is 0 Å². The van der Waals surface area contributed by atoms with E-state index in [9.17, 15) is 4.79 Å². The van der Waals surface area contributed by atoms with Gasteiger partial charge in [0.1, 0.15) is 6.29 Å². The Morgan fingerprint density at radius 1 is 0.800 bits per heavy atom. The predicted octanol–water partition coefficient (Wildman–Crippen LogP) is 4.22. The summed E-state index contributed by atoms with van der Waals surface area (Å²) >= 11 is 0. The average molecular weight is 259 g/mol. The topological polar surface area (TPSA) is 30.0 Å². The zero-order valence-electron chi connectivity index (χ0n) is 10.9. The Balaban J connectivity index is 1.91. The van der Waals surface area contributed by atoms with Gasteiger partial charge in [0, 0.05) is 10.9 Å². The van der Waals surface area contributed by atoms with E-state index in [1.807, 2.05) is 60.7 Å². The highest BCUT2D eigenvalue weighted by Crippen LogP contribution is 2.14. The van der Waals surface area contributed by atoms with Gasteiger partial charge in [-0.25, -0.2) is 4.98 Å². The number of benzene rings is 2. The van der Waals surface area contributed by atoms with Gasteiger partial charge < -0.3 is 0 Å². The van der Waals surface area contributed by atoms with Crippen molar-refractivity contribution < 1.29 is 4.79 Å². The summed E-state index contributed by atoms with van der Waals surface area (Å²) in [5, 5.41) is 1.13. The summed E-state index contributed by atoms with van der Waals surface area (Å²) in [6.45, 7) is 0. The predicted molar refractivity (Wildman–Crippen MR) is 82.5 cm³/mol. The minimum atomic E-state index is 0.679. The smallest absolute Gasteiger partial charge is 0.150 e. The number of aldehydes is 1. The quantitative estimate of drug-likeness (QED) is 0.659. The Kier molecular flexibility index (Phi) is 3.38. The maximum absolute atomic E-state index is 10.7. The zero-order chi connectivity index (χ0) is 13.8. The lowest BCUT2D eigenvalue weighted by Crippen LogP contribution is -1.83. The summed E-state index contributed by atoms with van der Waals surface area (Å²) in [6, 6.07) is 19.6. The van der Waals surface area contributed by atoms with Gasteiger partial charge in [-0.3, -0.25) is 4.79 Å². The molecule has 0 aliphatic rings. The third kappa shape index (κ3) is 2.64. The van der Waals surface area contributed by atoms with E-state index in [0.29, 0.717) is 5.56 Å². The highest BCUT2D eigenvalue weighted by atomic mass is 16.1. The lowest BCUT2D eigenvalue weighted by atomic mass is 10.1. The van der Waals surface area contributed by atoms with Crippen molar-refractivity contribution in [1.29, 1.82) is 0 Å². The van der Waals surface area contributed by atoms with Crippen molar-refractivity contribution in [3.8, 4) is 0 Å². The molecular formula is C18H13NO. The molecule has 2 aromatic carbocycles. The molecule has 3 rings (SSSR count). The van der Waals surface area contributed by atoms with E-state index in [-0.39, 0.29) is 0 Å². The van der Waals surface area contributed by atoms with Crippen LogP contribution in [0, 0.1) is 0 Å². The normalized spacial score (nSPS) is 11.0. The summed E-state index contributed by atoms with van der Waals surface area (Å²) in [7, 11) is 0. The standard InChI is InChI=1S/C18H13NO/c20-13-15-5-3-4-14(12-15)8-10-17-11-9-16-6-1-2-7-18(16)19-17/h1-13H/b10-8+. The van der Waals surface area contributed by atoms with Crippen LogP contribution in [0.4, 0.5) is 0 Å². The fourth-order valence-electron chi connectivity index (χ4n) is 2.09. The first-order valence-corrected chi connectivity index (χ1v) is 6.44. The van der Waals surface area contributed by atoms with Gasteiger partial charge in [0.25, 0.3) is 0 Å². The largest absolute Gasteiger partial charge is 0.298 e. The Morgan fingerprint density at radius 2 is 1.65 bits per heavy atom. The Labute approximate surface area is 117 Å². The van der Waals surface area contributed by atoms with Crippen molar-refractivity contribution in [3.05, 3.63) is 77.5 Å². The van der Waals surface area contributed by atoms with Gasteiger partial charge in [-0.15, -0.1) is 0 Å². The van der Waals surface area contributed by atoms with E-state index in [4.69, 9.17) is 0 Å². The first kappa shape index (κ1) is 12.3. The summed E-state index contributed by atoms with van der Waals surface area (Å²) in [5.41, 5.74) is 3.56. The first-order chi connectivity index (χ1) is 9.85. The molecule has 2 nitrogen and oxygen atoms in total. The summed E-state index contributed by atoms with van der Waals surface area (Å²) in [5.74, 6) is 0. The van der Waals surface area contributed by atoms with Crippen LogP contribution < -0.4 is 0 Å². The molecule has 96 valence electrons. The maximum atomic E-state index is 10.7. The SMILES string of the molecule is O=Cc1cccc(/C=C/c2ccc3ccccc3n2)c1. The molecule has 0 unspecified atom stereocenters. The van der Waals surface area contributed by atoms with Gasteiger partial charge in [-0.05, 0) is 29.8 Å². The highest BCUT2D eigenvalue weighted by Gasteiger charge is 1.95. The van der Waals surface area contributed by atoms with Crippen molar-refractivity contribution in [3.63, 3.8) is 0 Å². The van der Waals surface area contributed by atoms with Crippen LogP contribution >= 0.6 is 0 Å². The van der Waals surface area contributed by atoms with Crippen LogP contribution in [0.2, 0.25) is 0 Å². The minimum Gasteiger partial charge on any atom is -0.298 e. The molecule has 0 saturated carbocycles. The molecule has 20 heavy (non-hydrogen) atoms. The van der Waals surface area contributed by atoms with Crippen LogP contribution in [0.3, 0.4) is 0 Å². The van der Waals surface area contributed by atoms with Crippen molar-refractivity contribution in [1.82, 2.24) is 4.98 Å². The Morgan fingerprint density at radius 3 is 2.55 bits per heavy atom. The maximum Gasteiger partial charge on any atom is 0.150 e. The molecule has 0 aliphatic carbocycles. The summed E-state index contributed by atoms with van der Waals surface area (Å²) in [4.78, 5) is 15.3. The highest BCUT2D eigenvalue weighted by molar-refractivity contribution is 5.81. The van der Waals surface area contributed by atoms with Crippen molar-refractivity contribution in [2.45, 2.75) is 0 Å². The fraction of sp³-hybridized carbons (Fsp3) is 0. The van der Waals surface area contributed by atoms with E-state index < -0.39 is 0 Å². The number of carbonyl (C=O) groups is 1. The van der Waals surface area contributed by atoms with Crippen LogP contribution in [0.25, 0.3) is 23.1 Å². The molecule has 0 amide bonds. The monoisotopic (exact) mass is 259 g/mol. The lowest BCUT2D eigenvalue weighted by molar-refractivity contribution is 0.112.